The fraction of sp³-hybridized carbons (Fsp3) is 0.571. The summed E-state index contributed by atoms with van der Waals surface area (Å²) in [4.78, 5) is 20.8. The van der Waals surface area contributed by atoms with Gasteiger partial charge >= 0.3 is 0 Å². The van der Waals surface area contributed by atoms with Gasteiger partial charge in [0, 0.05) is 18.4 Å². The second-order valence-corrected chi connectivity index (χ2v) is 6.61. The third-order valence-electron chi connectivity index (χ3n) is 3.44. The van der Waals surface area contributed by atoms with E-state index in [0.717, 1.165) is 35.9 Å². The van der Waals surface area contributed by atoms with Gasteiger partial charge in [-0.1, -0.05) is 25.6 Å². The maximum Gasteiger partial charge on any atom is 0.253 e. The molecule has 0 aliphatic heterocycles. The van der Waals surface area contributed by atoms with Crippen LogP contribution in [0.25, 0.3) is 5.78 Å². The molecule has 1 aliphatic carbocycles. The van der Waals surface area contributed by atoms with Crippen molar-refractivity contribution in [2.45, 2.75) is 44.7 Å². The van der Waals surface area contributed by atoms with Crippen LogP contribution < -0.4 is 0 Å². The van der Waals surface area contributed by atoms with Gasteiger partial charge in [0.05, 0.1) is 11.3 Å². The quantitative estimate of drug-likeness (QED) is 0.810. The van der Waals surface area contributed by atoms with Gasteiger partial charge in [-0.25, -0.2) is 9.50 Å². The van der Waals surface area contributed by atoms with Crippen LogP contribution in [0.1, 0.15) is 49.2 Å². The summed E-state index contributed by atoms with van der Waals surface area (Å²) >= 11 is 1.65. The van der Waals surface area contributed by atoms with E-state index >= 15 is 0 Å². The predicted octanol–water partition coefficient (Wildman–Crippen LogP) is 2.78. The van der Waals surface area contributed by atoms with Crippen molar-refractivity contribution in [2.24, 2.45) is 5.92 Å². The van der Waals surface area contributed by atoms with Crippen LogP contribution in [0.3, 0.4) is 0 Å². The zero-order valence-electron chi connectivity index (χ0n) is 11.8. The maximum atomic E-state index is 11.9. The van der Waals surface area contributed by atoms with E-state index in [-0.39, 0.29) is 5.78 Å². The van der Waals surface area contributed by atoms with Crippen LogP contribution in [0.4, 0.5) is 0 Å². The molecule has 0 spiro atoms. The van der Waals surface area contributed by atoms with Crippen LogP contribution in [-0.2, 0) is 6.42 Å². The molecule has 6 heteroatoms. The van der Waals surface area contributed by atoms with Gasteiger partial charge in [-0.3, -0.25) is 4.79 Å². The van der Waals surface area contributed by atoms with Crippen molar-refractivity contribution >= 4 is 23.3 Å². The fourth-order valence-corrected chi connectivity index (χ4v) is 3.32. The van der Waals surface area contributed by atoms with Crippen molar-refractivity contribution in [1.82, 2.24) is 19.6 Å². The van der Waals surface area contributed by atoms with Gasteiger partial charge in [0.25, 0.3) is 5.78 Å². The van der Waals surface area contributed by atoms with Crippen molar-refractivity contribution < 1.29 is 4.79 Å². The van der Waals surface area contributed by atoms with Crippen molar-refractivity contribution in [3.8, 4) is 0 Å². The van der Waals surface area contributed by atoms with E-state index in [4.69, 9.17) is 0 Å². The number of hydrogen-bond donors (Lipinski definition) is 0. The van der Waals surface area contributed by atoms with E-state index in [1.54, 1.807) is 22.5 Å². The zero-order valence-corrected chi connectivity index (χ0v) is 12.6. The summed E-state index contributed by atoms with van der Waals surface area (Å²) in [5, 5.41) is 5.15. The highest BCUT2D eigenvalue weighted by Gasteiger charge is 2.20. The topological polar surface area (TPSA) is 60.1 Å². The number of nitrogens with zero attached hydrogens (tertiary/aromatic N) is 4. The molecule has 0 atom stereocenters. The first-order chi connectivity index (χ1) is 9.63. The summed E-state index contributed by atoms with van der Waals surface area (Å²) in [5.74, 6) is 2.46. The second kappa shape index (κ2) is 5.52. The van der Waals surface area contributed by atoms with Crippen LogP contribution in [0.2, 0.25) is 0 Å². The molecule has 20 heavy (non-hydrogen) atoms. The zero-order chi connectivity index (χ0) is 14.1. The Morgan fingerprint density at radius 2 is 2.20 bits per heavy atom. The van der Waals surface area contributed by atoms with Crippen LogP contribution in [0.15, 0.2) is 11.4 Å². The molecule has 1 aliphatic rings. The first kappa shape index (κ1) is 13.5. The molecule has 0 bridgehead atoms. The van der Waals surface area contributed by atoms with Crippen molar-refractivity contribution in [1.29, 1.82) is 0 Å². The van der Waals surface area contributed by atoms with E-state index < -0.39 is 0 Å². The monoisotopic (exact) mass is 290 g/mol. The van der Waals surface area contributed by atoms with Crippen molar-refractivity contribution in [3.63, 3.8) is 0 Å². The molecule has 0 fully saturated rings. The largest absolute Gasteiger partial charge is 0.294 e. The average Bonchev–Trinajstić information content (AvgIpc) is 2.78. The standard InChI is InChI=1S/C14H18N4OS/c1-9(2)6-7-20-14-16-13-15-11-4-3-5-12(19)10(11)8-18(13)17-14/h8-9H,3-7H2,1-2H3. The lowest BCUT2D eigenvalue weighted by molar-refractivity contribution is 0.0971. The fourth-order valence-electron chi connectivity index (χ4n) is 2.26. The molecule has 0 saturated heterocycles. The van der Waals surface area contributed by atoms with Crippen molar-refractivity contribution in [2.75, 3.05) is 5.75 Å². The number of hydrogen-bond acceptors (Lipinski definition) is 5. The van der Waals surface area contributed by atoms with Gasteiger partial charge in [0.2, 0.25) is 5.16 Å². The lowest BCUT2D eigenvalue weighted by Gasteiger charge is -2.12. The van der Waals surface area contributed by atoms with E-state index in [2.05, 4.69) is 28.9 Å². The molecule has 106 valence electrons. The Morgan fingerprint density at radius 1 is 1.35 bits per heavy atom. The smallest absolute Gasteiger partial charge is 0.253 e. The molecule has 0 unspecified atom stereocenters. The number of carbonyl (C=O) groups is 1. The highest BCUT2D eigenvalue weighted by molar-refractivity contribution is 7.99. The first-order valence-corrected chi connectivity index (χ1v) is 8.04. The minimum absolute atomic E-state index is 0.171. The molecular formula is C14H18N4OS. The molecule has 0 radical (unpaired) electrons. The number of carbonyl (C=O) groups excluding carboxylic acids is 1. The Kier molecular flexibility index (Phi) is 3.74. The van der Waals surface area contributed by atoms with E-state index in [1.807, 2.05) is 0 Å². The SMILES string of the molecule is CC(C)CCSc1nc2nc3c(cn2n1)C(=O)CCC3. The molecule has 0 N–H and O–H groups in total. The second-order valence-electron chi connectivity index (χ2n) is 5.55. The molecule has 2 aromatic heterocycles. The Bertz CT molecular complexity index is 650. The molecule has 0 amide bonds. The lowest BCUT2D eigenvalue weighted by atomic mass is 9.96. The predicted molar refractivity (Wildman–Crippen MR) is 78.2 cm³/mol. The Morgan fingerprint density at radius 3 is 3.00 bits per heavy atom. The van der Waals surface area contributed by atoms with Gasteiger partial charge in [-0.05, 0) is 25.2 Å². The van der Waals surface area contributed by atoms with Gasteiger partial charge in [0.15, 0.2) is 5.78 Å². The number of Topliss-reactive ketones (excluding diaryl/α,β-unsaturated/α-hetero) is 1. The van der Waals surface area contributed by atoms with E-state index in [1.165, 1.54) is 0 Å². The van der Waals surface area contributed by atoms with Crippen LogP contribution >= 0.6 is 11.8 Å². The summed E-state index contributed by atoms with van der Waals surface area (Å²) < 4.78 is 1.64. The summed E-state index contributed by atoms with van der Waals surface area (Å²) in [7, 11) is 0. The number of ketones is 1. The van der Waals surface area contributed by atoms with E-state index in [0.29, 0.717) is 23.7 Å². The van der Waals surface area contributed by atoms with Crippen molar-refractivity contribution in [3.05, 3.63) is 17.5 Å². The molecule has 5 nitrogen and oxygen atoms in total. The Balaban J connectivity index is 1.86. The highest BCUT2D eigenvalue weighted by Crippen LogP contribution is 2.22. The molecule has 2 heterocycles. The van der Waals surface area contributed by atoms with Gasteiger partial charge in [0.1, 0.15) is 0 Å². The lowest BCUT2D eigenvalue weighted by Crippen LogP contribution is -2.14. The van der Waals surface area contributed by atoms with Crippen LogP contribution in [0.5, 0.6) is 0 Å². The number of aromatic nitrogens is 4. The molecule has 0 saturated carbocycles. The number of aryl methyl sites for hydroxylation is 1. The van der Waals surface area contributed by atoms with Crippen LogP contribution in [0, 0.1) is 5.92 Å². The molecule has 2 aromatic rings. The third kappa shape index (κ3) is 2.70. The van der Waals surface area contributed by atoms with Gasteiger partial charge < -0.3 is 0 Å². The number of thioether (sulfide) groups is 1. The Hall–Kier alpha value is -1.43. The minimum Gasteiger partial charge on any atom is -0.294 e. The molecule has 3 rings (SSSR count). The third-order valence-corrected chi connectivity index (χ3v) is 4.31. The minimum atomic E-state index is 0.171. The summed E-state index contributed by atoms with van der Waals surface area (Å²) in [6.07, 6.45) is 5.30. The average molecular weight is 290 g/mol. The van der Waals surface area contributed by atoms with E-state index in [9.17, 15) is 4.79 Å². The van der Waals surface area contributed by atoms with Gasteiger partial charge in [-0.2, -0.15) is 4.98 Å². The van der Waals surface area contributed by atoms with Crippen LogP contribution in [-0.4, -0.2) is 31.1 Å². The maximum absolute atomic E-state index is 11.9. The highest BCUT2D eigenvalue weighted by atomic mass is 32.2. The summed E-state index contributed by atoms with van der Waals surface area (Å²) in [5.41, 5.74) is 1.59. The molecule has 0 aromatic carbocycles. The first-order valence-electron chi connectivity index (χ1n) is 7.06. The number of fused-ring (bicyclic) bond motifs is 2. The number of rotatable bonds is 4. The van der Waals surface area contributed by atoms with Gasteiger partial charge in [-0.15, -0.1) is 5.10 Å². The Labute approximate surface area is 122 Å². The normalized spacial score (nSPS) is 15.1. The summed E-state index contributed by atoms with van der Waals surface area (Å²) in [6, 6.07) is 0. The molecular weight excluding hydrogens is 272 g/mol. The summed E-state index contributed by atoms with van der Waals surface area (Å²) in [6.45, 7) is 4.41.